The standard InChI is InChI=1S/C16H26N2/c1-4-15(3)18-10-8-17(9-11-18)13-16-7-5-6-14(2)12-16/h5-7,12,15H,4,8-11,13H2,1-3H3/t15-/m0/s1. The van der Waals surface area contributed by atoms with Crippen molar-refractivity contribution in [1.29, 1.82) is 0 Å². The fourth-order valence-corrected chi connectivity index (χ4v) is 2.69. The maximum Gasteiger partial charge on any atom is 0.0234 e. The van der Waals surface area contributed by atoms with Crippen molar-refractivity contribution in [3.8, 4) is 0 Å². The number of hydrogen-bond donors (Lipinski definition) is 0. The van der Waals surface area contributed by atoms with E-state index in [-0.39, 0.29) is 0 Å². The van der Waals surface area contributed by atoms with Crippen molar-refractivity contribution in [3.05, 3.63) is 35.4 Å². The maximum absolute atomic E-state index is 2.62. The molecule has 0 aliphatic carbocycles. The van der Waals surface area contributed by atoms with E-state index in [9.17, 15) is 0 Å². The van der Waals surface area contributed by atoms with Gasteiger partial charge in [-0.15, -0.1) is 0 Å². The summed E-state index contributed by atoms with van der Waals surface area (Å²) in [5, 5.41) is 0. The van der Waals surface area contributed by atoms with Crippen molar-refractivity contribution in [1.82, 2.24) is 9.80 Å². The van der Waals surface area contributed by atoms with Crippen LogP contribution in [0.5, 0.6) is 0 Å². The first-order chi connectivity index (χ1) is 8.69. The highest BCUT2D eigenvalue weighted by molar-refractivity contribution is 5.22. The van der Waals surface area contributed by atoms with Crippen LogP contribution in [0.25, 0.3) is 0 Å². The van der Waals surface area contributed by atoms with Crippen molar-refractivity contribution in [2.24, 2.45) is 0 Å². The molecule has 0 spiro atoms. The number of nitrogens with zero attached hydrogens (tertiary/aromatic N) is 2. The number of hydrogen-bond acceptors (Lipinski definition) is 2. The largest absolute Gasteiger partial charge is 0.298 e. The molecule has 0 aromatic heterocycles. The van der Waals surface area contributed by atoms with Gasteiger partial charge in [0.15, 0.2) is 0 Å². The van der Waals surface area contributed by atoms with Crippen LogP contribution in [0, 0.1) is 6.92 Å². The van der Waals surface area contributed by atoms with Gasteiger partial charge in [0.2, 0.25) is 0 Å². The highest BCUT2D eigenvalue weighted by Gasteiger charge is 2.19. The first-order valence-electron chi connectivity index (χ1n) is 7.21. The fourth-order valence-electron chi connectivity index (χ4n) is 2.69. The lowest BCUT2D eigenvalue weighted by atomic mass is 10.1. The Bertz CT molecular complexity index is 367. The topological polar surface area (TPSA) is 6.48 Å². The Morgan fingerprint density at radius 1 is 1.17 bits per heavy atom. The Labute approximate surface area is 112 Å². The summed E-state index contributed by atoms with van der Waals surface area (Å²) >= 11 is 0. The minimum absolute atomic E-state index is 0.742. The minimum Gasteiger partial charge on any atom is -0.298 e. The Hall–Kier alpha value is -0.860. The Morgan fingerprint density at radius 3 is 2.50 bits per heavy atom. The van der Waals surface area contributed by atoms with Gasteiger partial charge in [-0.05, 0) is 25.8 Å². The van der Waals surface area contributed by atoms with Crippen LogP contribution < -0.4 is 0 Å². The molecule has 0 radical (unpaired) electrons. The predicted molar refractivity (Wildman–Crippen MR) is 77.8 cm³/mol. The molecule has 0 N–H and O–H groups in total. The van der Waals surface area contributed by atoms with Gasteiger partial charge in [-0.3, -0.25) is 9.80 Å². The predicted octanol–water partition coefficient (Wildman–Crippen LogP) is 2.91. The Morgan fingerprint density at radius 2 is 1.89 bits per heavy atom. The normalized spacial score (nSPS) is 19.9. The van der Waals surface area contributed by atoms with E-state index < -0.39 is 0 Å². The van der Waals surface area contributed by atoms with Crippen molar-refractivity contribution in [3.63, 3.8) is 0 Å². The number of rotatable bonds is 4. The van der Waals surface area contributed by atoms with Crippen molar-refractivity contribution >= 4 is 0 Å². The molecule has 1 aromatic rings. The molecule has 1 fully saturated rings. The molecule has 100 valence electrons. The molecule has 1 aliphatic heterocycles. The molecule has 1 heterocycles. The van der Waals surface area contributed by atoms with Crippen LogP contribution in [0.2, 0.25) is 0 Å². The van der Waals surface area contributed by atoms with Crippen LogP contribution >= 0.6 is 0 Å². The number of piperazine rings is 1. The quantitative estimate of drug-likeness (QED) is 0.806. The number of benzene rings is 1. The lowest BCUT2D eigenvalue weighted by Gasteiger charge is -2.37. The van der Waals surface area contributed by atoms with Gasteiger partial charge in [0.05, 0.1) is 0 Å². The van der Waals surface area contributed by atoms with Crippen LogP contribution in [-0.4, -0.2) is 42.0 Å². The third-order valence-corrected chi connectivity index (χ3v) is 4.11. The maximum atomic E-state index is 2.62. The monoisotopic (exact) mass is 246 g/mol. The molecule has 18 heavy (non-hydrogen) atoms. The van der Waals surface area contributed by atoms with Gasteiger partial charge in [0.1, 0.15) is 0 Å². The summed E-state index contributed by atoms with van der Waals surface area (Å²) in [6.45, 7) is 12.8. The van der Waals surface area contributed by atoms with Gasteiger partial charge < -0.3 is 0 Å². The van der Waals surface area contributed by atoms with Crippen molar-refractivity contribution in [2.45, 2.75) is 39.8 Å². The van der Waals surface area contributed by atoms with Gasteiger partial charge in [-0.1, -0.05) is 36.8 Å². The minimum atomic E-state index is 0.742. The third-order valence-electron chi connectivity index (χ3n) is 4.11. The van der Waals surface area contributed by atoms with E-state index >= 15 is 0 Å². The summed E-state index contributed by atoms with van der Waals surface area (Å²) in [5.41, 5.74) is 2.82. The molecule has 1 aromatic carbocycles. The van der Waals surface area contributed by atoms with Crippen LogP contribution in [0.3, 0.4) is 0 Å². The molecule has 2 rings (SSSR count). The fraction of sp³-hybridized carbons (Fsp3) is 0.625. The molecular weight excluding hydrogens is 220 g/mol. The summed E-state index contributed by atoms with van der Waals surface area (Å²) in [6.07, 6.45) is 1.26. The van der Waals surface area contributed by atoms with Gasteiger partial charge in [0, 0.05) is 38.8 Å². The average Bonchev–Trinajstić information content (AvgIpc) is 2.39. The molecule has 1 atom stereocenters. The second kappa shape index (κ2) is 6.35. The molecule has 2 nitrogen and oxygen atoms in total. The summed E-state index contributed by atoms with van der Waals surface area (Å²) in [7, 11) is 0. The van der Waals surface area contributed by atoms with E-state index in [1.807, 2.05) is 0 Å². The van der Waals surface area contributed by atoms with Crippen LogP contribution in [0.15, 0.2) is 24.3 Å². The van der Waals surface area contributed by atoms with E-state index in [2.05, 4.69) is 54.8 Å². The molecule has 0 saturated carbocycles. The molecule has 0 unspecified atom stereocenters. The highest BCUT2D eigenvalue weighted by atomic mass is 15.3. The average molecular weight is 246 g/mol. The van der Waals surface area contributed by atoms with Crippen molar-refractivity contribution < 1.29 is 0 Å². The Kier molecular flexibility index (Phi) is 4.79. The van der Waals surface area contributed by atoms with E-state index in [1.165, 1.54) is 43.7 Å². The zero-order valence-corrected chi connectivity index (χ0v) is 12.0. The van der Waals surface area contributed by atoms with E-state index in [4.69, 9.17) is 0 Å². The highest BCUT2D eigenvalue weighted by Crippen LogP contribution is 2.12. The molecule has 1 aliphatic rings. The first kappa shape index (κ1) is 13.6. The second-order valence-electron chi connectivity index (χ2n) is 5.56. The van der Waals surface area contributed by atoms with Gasteiger partial charge in [-0.2, -0.15) is 0 Å². The smallest absolute Gasteiger partial charge is 0.0234 e. The zero-order chi connectivity index (χ0) is 13.0. The van der Waals surface area contributed by atoms with Crippen LogP contribution in [0.1, 0.15) is 31.4 Å². The molecule has 2 heteroatoms. The Balaban J connectivity index is 1.83. The van der Waals surface area contributed by atoms with E-state index in [1.54, 1.807) is 0 Å². The lowest BCUT2D eigenvalue weighted by Crippen LogP contribution is -2.48. The summed E-state index contributed by atoms with van der Waals surface area (Å²) in [5.74, 6) is 0. The molecular formula is C16H26N2. The number of aryl methyl sites for hydroxylation is 1. The zero-order valence-electron chi connectivity index (χ0n) is 12.0. The van der Waals surface area contributed by atoms with E-state index in [0.717, 1.165) is 12.6 Å². The van der Waals surface area contributed by atoms with Crippen LogP contribution in [0.4, 0.5) is 0 Å². The van der Waals surface area contributed by atoms with Gasteiger partial charge in [-0.25, -0.2) is 0 Å². The summed E-state index contributed by atoms with van der Waals surface area (Å²) in [4.78, 5) is 5.19. The summed E-state index contributed by atoms with van der Waals surface area (Å²) in [6, 6.07) is 9.63. The lowest BCUT2D eigenvalue weighted by molar-refractivity contribution is 0.0963. The van der Waals surface area contributed by atoms with Gasteiger partial charge >= 0.3 is 0 Å². The second-order valence-corrected chi connectivity index (χ2v) is 5.56. The SMILES string of the molecule is CC[C@H](C)N1CCN(Cc2cccc(C)c2)CC1. The first-order valence-corrected chi connectivity index (χ1v) is 7.21. The van der Waals surface area contributed by atoms with Crippen LogP contribution in [-0.2, 0) is 6.54 Å². The molecule has 0 amide bonds. The van der Waals surface area contributed by atoms with Crippen molar-refractivity contribution in [2.75, 3.05) is 26.2 Å². The molecule has 0 bridgehead atoms. The van der Waals surface area contributed by atoms with E-state index in [0.29, 0.717) is 0 Å². The molecule has 1 saturated heterocycles. The van der Waals surface area contributed by atoms with Gasteiger partial charge in [0.25, 0.3) is 0 Å². The summed E-state index contributed by atoms with van der Waals surface area (Å²) < 4.78 is 0. The third kappa shape index (κ3) is 3.56.